The number of nitrogens with one attached hydrogen (secondary N) is 1. The van der Waals surface area contributed by atoms with Gasteiger partial charge in [-0.2, -0.15) is 5.10 Å². The lowest BCUT2D eigenvalue weighted by Crippen LogP contribution is -2.24. The van der Waals surface area contributed by atoms with Gasteiger partial charge in [0.1, 0.15) is 0 Å². The van der Waals surface area contributed by atoms with Crippen LogP contribution in [0.2, 0.25) is 0 Å². The SMILES string of the molecule is COc1cc(C=NNC(=O)CSc2nc3ccccc3c(=O)n2-c2ccccc2C)cc(OC)c1O. The van der Waals surface area contributed by atoms with E-state index in [2.05, 4.69) is 15.5 Å². The fourth-order valence-corrected chi connectivity index (χ4v) is 4.36. The van der Waals surface area contributed by atoms with Crippen LogP contribution in [0, 0.1) is 6.92 Å². The highest BCUT2D eigenvalue weighted by molar-refractivity contribution is 7.99. The van der Waals surface area contributed by atoms with Crippen LogP contribution in [0.1, 0.15) is 11.1 Å². The molecule has 184 valence electrons. The zero-order chi connectivity index (χ0) is 25.7. The number of carbonyl (C=O) groups excluding carboxylic acids is 1. The number of hydrazone groups is 1. The number of aromatic nitrogens is 2. The number of carbonyl (C=O) groups is 1. The number of aryl methyl sites for hydroxylation is 1. The van der Waals surface area contributed by atoms with Crippen LogP contribution in [0.25, 0.3) is 16.6 Å². The third-order valence-electron chi connectivity index (χ3n) is 5.34. The van der Waals surface area contributed by atoms with Crippen LogP contribution in [0.4, 0.5) is 0 Å². The second-order valence-electron chi connectivity index (χ2n) is 7.69. The maximum atomic E-state index is 13.4. The minimum atomic E-state index is -0.382. The number of amides is 1. The Morgan fingerprint density at radius 3 is 2.47 bits per heavy atom. The average Bonchev–Trinajstić information content (AvgIpc) is 2.89. The molecule has 0 saturated carbocycles. The summed E-state index contributed by atoms with van der Waals surface area (Å²) in [7, 11) is 2.84. The van der Waals surface area contributed by atoms with Crippen LogP contribution in [-0.2, 0) is 4.79 Å². The lowest BCUT2D eigenvalue weighted by molar-refractivity contribution is -0.118. The Balaban J connectivity index is 1.55. The first-order valence-electron chi connectivity index (χ1n) is 10.9. The quantitative estimate of drug-likeness (QED) is 0.163. The van der Waals surface area contributed by atoms with Gasteiger partial charge in [-0.15, -0.1) is 0 Å². The Morgan fingerprint density at radius 1 is 1.11 bits per heavy atom. The first-order valence-corrected chi connectivity index (χ1v) is 11.9. The van der Waals surface area contributed by atoms with Gasteiger partial charge in [0.15, 0.2) is 16.7 Å². The molecule has 0 atom stereocenters. The van der Waals surface area contributed by atoms with Crippen molar-refractivity contribution in [1.82, 2.24) is 15.0 Å². The Kier molecular flexibility index (Phi) is 7.55. The number of fused-ring (bicyclic) bond motifs is 1. The number of aromatic hydroxyl groups is 1. The summed E-state index contributed by atoms with van der Waals surface area (Å²) in [5.41, 5.74) is 4.99. The molecule has 9 nitrogen and oxygen atoms in total. The summed E-state index contributed by atoms with van der Waals surface area (Å²) in [6, 6.07) is 17.8. The Labute approximate surface area is 211 Å². The number of methoxy groups -OCH3 is 2. The lowest BCUT2D eigenvalue weighted by Gasteiger charge is -2.14. The first kappa shape index (κ1) is 24.8. The van der Waals surface area contributed by atoms with E-state index in [4.69, 9.17) is 9.47 Å². The summed E-state index contributed by atoms with van der Waals surface area (Å²) in [5, 5.41) is 14.9. The third kappa shape index (κ3) is 5.18. The molecular formula is C26H24N4O5S. The molecule has 3 aromatic carbocycles. The Hall–Kier alpha value is -4.31. The second kappa shape index (κ2) is 11.0. The molecule has 0 aliphatic heterocycles. The zero-order valence-corrected chi connectivity index (χ0v) is 20.7. The summed E-state index contributed by atoms with van der Waals surface area (Å²) in [5.74, 6) is -0.0905. The van der Waals surface area contributed by atoms with Crippen LogP contribution >= 0.6 is 11.8 Å². The average molecular weight is 505 g/mol. The summed E-state index contributed by atoms with van der Waals surface area (Å²) >= 11 is 1.14. The molecule has 10 heteroatoms. The predicted molar refractivity (Wildman–Crippen MR) is 140 cm³/mol. The van der Waals surface area contributed by atoms with Gasteiger partial charge < -0.3 is 14.6 Å². The number of phenolic OH excluding ortho intramolecular Hbond substituents is 1. The molecule has 36 heavy (non-hydrogen) atoms. The molecule has 0 spiro atoms. The van der Waals surface area contributed by atoms with Gasteiger partial charge in [-0.3, -0.25) is 14.2 Å². The fraction of sp³-hybridized carbons (Fsp3) is 0.154. The maximum Gasteiger partial charge on any atom is 0.266 e. The van der Waals surface area contributed by atoms with Crippen LogP contribution in [-0.4, -0.2) is 46.8 Å². The second-order valence-corrected chi connectivity index (χ2v) is 8.64. The molecule has 0 saturated heterocycles. The molecule has 4 rings (SSSR count). The van der Waals surface area contributed by atoms with Crippen LogP contribution in [0.3, 0.4) is 0 Å². The van der Waals surface area contributed by atoms with Crippen molar-refractivity contribution in [2.75, 3.05) is 20.0 Å². The summed E-state index contributed by atoms with van der Waals surface area (Å²) in [6.07, 6.45) is 1.41. The van der Waals surface area contributed by atoms with E-state index >= 15 is 0 Å². The lowest BCUT2D eigenvalue weighted by atomic mass is 10.2. The van der Waals surface area contributed by atoms with Crippen LogP contribution < -0.4 is 20.5 Å². The van der Waals surface area contributed by atoms with E-state index < -0.39 is 0 Å². The molecule has 2 N–H and O–H groups in total. The molecule has 0 unspecified atom stereocenters. The number of rotatable bonds is 8. The van der Waals surface area contributed by atoms with E-state index in [1.54, 1.807) is 30.3 Å². The third-order valence-corrected chi connectivity index (χ3v) is 6.28. The summed E-state index contributed by atoms with van der Waals surface area (Å²) in [4.78, 5) is 30.5. The van der Waals surface area contributed by atoms with E-state index in [9.17, 15) is 14.7 Å². The highest BCUT2D eigenvalue weighted by Gasteiger charge is 2.16. The molecular weight excluding hydrogens is 480 g/mol. The number of para-hydroxylation sites is 2. The number of ether oxygens (including phenoxy) is 2. The summed E-state index contributed by atoms with van der Waals surface area (Å²) in [6.45, 7) is 1.92. The van der Waals surface area contributed by atoms with Crippen molar-refractivity contribution in [3.63, 3.8) is 0 Å². The van der Waals surface area contributed by atoms with Gasteiger partial charge in [-0.05, 0) is 42.8 Å². The van der Waals surface area contributed by atoms with Gasteiger partial charge >= 0.3 is 0 Å². The van der Waals surface area contributed by atoms with Crippen molar-refractivity contribution in [3.8, 4) is 22.9 Å². The van der Waals surface area contributed by atoms with Crippen LogP contribution in [0.5, 0.6) is 17.2 Å². The van der Waals surface area contributed by atoms with Crippen molar-refractivity contribution >= 4 is 34.8 Å². The molecule has 1 heterocycles. The topological polar surface area (TPSA) is 115 Å². The number of hydrogen-bond acceptors (Lipinski definition) is 8. The van der Waals surface area contributed by atoms with E-state index in [0.29, 0.717) is 27.3 Å². The summed E-state index contributed by atoms with van der Waals surface area (Å²) < 4.78 is 11.8. The highest BCUT2D eigenvalue weighted by Crippen LogP contribution is 2.36. The van der Waals surface area contributed by atoms with E-state index in [1.807, 2.05) is 37.3 Å². The smallest absolute Gasteiger partial charge is 0.266 e. The largest absolute Gasteiger partial charge is 0.502 e. The first-order chi connectivity index (χ1) is 17.4. The molecule has 0 aliphatic carbocycles. The van der Waals surface area contributed by atoms with E-state index in [1.165, 1.54) is 25.0 Å². The van der Waals surface area contributed by atoms with Crippen molar-refractivity contribution < 1.29 is 19.4 Å². The molecule has 4 aromatic rings. The van der Waals surface area contributed by atoms with Gasteiger partial charge in [-0.1, -0.05) is 42.1 Å². The van der Waals surface area contributed by atoms with Gasteiger partial charge in [0, 0.05) is 5.56 Å². The van der Waals surface area contributed by atoms with E-state index in [-0.39, 0.29) is 34.5 Å². The molecule has 0 fully saturated rings. The number of phenols is 1. The molecule has 0 radical (unpaired) electrons. The molecule has 0 bridgehead atoms. The standard InChI is InChI=1S/C26H24N4O5S/c1-16-8-4-7-11-20(16)30-25(33)18-9-5-6-10-19(18)28-26(30)36-15-23(31)29-27-14-17-12-21(34-2)24(32)22(13-17)35-3/h4-14,32H,15H2,1-3H3,(H,29,31). The van der Waals surface area contributed by atoms with Crippen molar-refractivity contribution in [3.05, 3.63) is 82.1 Å². The van der Waals surface area contributed by atoms with E-state index in [0.717, 1.165) is 17.3 Å². The van der Waals surface area contributed by atoms with Crippen molar-refractivity contribution in [1.29, 1.82) is 0 Å². The van der Waals surface area contributed by atoms with Gasteiger partial charge in [0.2, 0.25) is 5.75 Å². The number of hydrogen-bond donors (Lipinski definition) is 2. The molecule has 1 aromatic heterocycles. The van der Waals surface area contributed by atoms with Crippen LogP contribution in [0.15, 0.2) is 75.7 Å². The van der Waals surface area contributed by atoms with Gasteiger partial charge in [-0.25, -0.2) is 10.4 Å². The van der Waals surface area contributed by atoms with Gasteiger partial charge in [0.25, 0.3) is 11.5 Å². The molecule has 0 aliphatic rings. The normalized spacial score (nSPS) is 11.1. The highest BCUT2D eigenvalue weighted by atomic mass is 32.2. The Bertz CT molecular complexity index is 1490. The predicted octanol–water partition coefficient (Wildman–Crippen LogP) is 3.66. The number of thioether (sulfide) groups is 1. The minimum absolute atomic E-state index is 0.0176. The Morgan fingerprint density at radius 2 is 1.78 bits per heavy atom. The van der Waals surface area contributed by atoms with Crippen molar-refractivity contribution in [2.24, 2.45) is 5.10 Å². The molecule has 1 amide bonds. The number of nitrogens with zero attached hydrogens (tertiary/aromatic N) is 3. The fourth-order valence-electron chi connectivity index (χ4n) is 3.57. The number of benzene rings is 3. The maximum absolute atomic E-state index is 13.4. The van der Waals surface area contributed by atoms with Gasteiger partial charge in [0.05, 0.1) is 42.8 Å². The zero-order valence-electron chi connectivity index (χ0n) is 19.9. The monoisotopic (exact) mass is 504 g/mol. The van der Waals surface area contributed by atoms with Crippen molar-refractivity contribution in [2.45, 2.75) is 12.1 Å². The minimum Gasteiger partial charge on any atom is -0.502 e.